The van der Waals surface area contributed by atoms with E-state index in [9.17, 15) is 0 Å². The number of para-hydroxylation sites is 1. The highest BCUT2D eigenvalue weighted by atomic mass is 32.1. The van der Waals surface area contributed by atoms with Crippen LogP contribution in [0.5, 0.6) is 11.5 Å². The van der Waals surface area contributed by atoms with Crippen molar-refractivity contribution >= 4 is 23.0 Å². The average molecular weight is 408 g/mol. The number of methoxy groups -OCH3 is 1. The summed E-state index contributed by atoms with van der Waals surface area (Å²) in [5.74, 6) is 1.68. The van der Waals surface area contributed by atoms with E-state index in [4.69, 9.17) is 21.7 Å². The molecule has 0 aliphatic rings. The summed E-state index contributed by atoms with van der Waals surface area (Å²) in [7, 11) is 1.68. The van der Waals surface area contributed by atoms with Crippen molar-refractivity contribution in [3.8, 4) is 11.5 Å². The summed E-state index contributed by atoms with van der Waals surface area (Å²) in [6.45, 7) is 3.86. The third-order valence-electron chi connectivity index (χ3n) is 4.35. The molecule has 0 saturated carbocycles. The highest BCUT2D eigenvalue weighted by Crippen LogP contribution is 2.22. The number of aromatic nitrogens is 1. The Bertz CT molecular complexity index is 917. The number of ether oxygens (including phenoxy) is 2. The standard InChI is InChI=1S/C23H25N3O2S/c1-3-28-21-12-10-20(11-13-21)25-23(29)26(16-18-7-6-14-24-15-18)17-19-8-4-5-9-22(19)27-2/h4-15H,3,16-17H2,1-2H3,(H,25,29). The Hall–Kier alpha value is -3.12. The Morgan fingerprint density at radius 1 is 1.03 bits per heavy atom. The van der Waals surface area contributed by atoms with Gasteiger partial charge in [0.2, 0.25) is 0 Å². The number of hydrogen-bond donors (Lipinski definition) is 1. The van der Waals surface area contributed by atoms with E-state index in [0.717, 1.165) is 28.3 Å². The van der Waals surface area contributed by atoms with Gasteiger partial charge in [-0.15, -0.1) is 0 Å². The molecule has 3 aromatic rings. The maximum absolute atomic E-state index is 5.74. The first-order chi connectivity index (χ1) is 14.2. The summed E-state index contributed by atoms with van der Waals surface area (Å²) >= 11 is 5.74. The minimum Gasteiger partial charge on any atom is -0.496 e. The molecule has 0 spiro atoms. The van der Waals surface area contributed by atoms with E-state index < -0.39 is 0 Å². The van der Waals surface area contributed by atoms with E-state index in [1.807, 2.05) is 67.7 Å². The quantitative estimate of drug-likeness (QED) is 0.537. The first kappa shape index (κ1) is 20.6. The second-order valence-corrected chi connectivity index (χ2v) is 6.80. The molecule has 29 heavy (non-hydrogen) atoms. The van der Waals surface area contributed by atoms with E-state index in [-0.39, 0.29) is 0 Å². The number of thiocarbonyl (C=S) groups is 1. The van der Waals surface area contributed by atoms with E-state index in [1.54, 1.807) is 13.3 Å². The molecule has 1 N–H and O–H groups in total. The molecule has 1 aromatic heterocycles. The van der Waals surface area contributed by atoms with Gasteiger partial charge in [-0.05, 0) is 61.1 Å². The second-order valence-electron chi connectivity index (χ2n) is 6.42. The van der Waals surface area contributed by atoms with Gasteiger partial charge in [-0.3, -0.25) is 4.98 Å². The fourth-order valence-corrected chi connectivity index (χ4v) is 3.20. The van der Waals surface area contributed by atoms with Gasteiger partial charge in [0.1, 0.15) is 11.5 Å². The summed E-state index contributed by atoms with van der Waals surface area (Å²) in [6, 6.07) is 19.7. The van der Waals surface area contributed by atoms with Gasteiger partial charge < -0.3 is 19.7 Å². The second kappa shape index (κ2) is 10.4. The van der Waals surface area contributed by atoms with Crippen molar-refractivity contribution in [3.05, 3.63) is 84.2 Å². The van der Waals surface area contributed by atoms with Crippen molar-refractivity contribution in [2.24, 2.45) is 0 Å². The number of nitrogens with zero attached hydrogens (tertiary/aromatic N) is 2. The van der Waals surface area contributed by atoms with Crippen molar-refractivity contribution in [1.29, 1.82) is 0 Å². The minimum absolute atomic E-state index is 0.613. The lowest BCUT2D eigenvalue weighted by molar-refractivity contribution is 0.340. The van der Waals surface area contributed by atoms with Gasteiger partial charge in [-0.2, -0.15) is 0 Å². The van der Waals surface area contributed by atoms with Crippen LogP contribution in [0, 0.1) is 0 Å². The Morgan fingerprint density at radius 3 is 2.52 bits per heavy atom. The van der Waals surface area contributed by atoms with Gasteiger partial charge >= 0.3 is 0 Å². The van der Waals surface area contributed by atoms with Crippen LogP contribution in [-0.4, -0.2) is 28.7 Å². The zero-order valence-electron chi connectivity index (χ0n) is 16.7. The predicted molar refractivity (Wildman–Crippen MR) is 120 cm³/mol. The van der Waals surface area contributed by atoms with Gasteiger partial charge in [0.05, 0.1) is 13.7 Å². The average Bonchev–Trinajstić information content (AvgIpc) is 2.76. The molecule has 1 heterocycles. The summed E-state index contributed by atoms with van der Waals surface area (Å²) in [6.07, 6.45) is 3.62. The molecule has 2 aromatic carbocycles. The molecule has 0 radical (unpaired) electrons. The molecular formula is C23H25N3O2S. The molecule has 0 saturated heterocycles. The lowest BCUT2D eigenvalue weighted by Gasteiger charge is -2.27. The molecule has 0 aliphatic heterocycles. The smallest absolute Gasteiger partial charge is 0.174 e. The largest absolute Gasteiger partial charge is 0.496 e. The van der Waals surface area contributed by atoms with Crippen molar-refractivity contribution in [3.63, 3.8) is 0 Å². The number of benzene rings is 2. The van der Waals surface area contributed by atoms with Crippen LogP contribution in [0.25, 0.3) is 0 Å². The molecule has 5 nitrogen and oxygen atoms in total. The van der Waals surface area contributed by atoms with Crippen LogP contribution in [-0.2, 0) is 13.1 Å². The highest BCUT2D eigenvalue weighted by molar-refractivity contribution is 7.80. The third-order valence-corrected chi connectivity index (χ3v) is 4.71. The highest BCUT2D eigenvalue weighted by Gasteiger charge is 2.14. The zero-order valence-corrected chi connectivity index (χ0v) is 17.5. The number of pyridine rings is 1. The number of rotatable bonds is 8. The predicted octanol–water partition coefficient (Wildman–Crippen LogP) is 4.89. The monoisotopic (exact) mass is 407 g/mol. The molecule has 0 amide bonds. The lowest BCUT2D eigenvalue weighted by Crippen LogP contribution is -2.34. The van der Waals surface area contributed by atoms with E-state index in [2.05, 4.69) is 21.3 Å². The Kier molecular flexibility index (Phi) is 7.41. The van der Waals surface area contributed by atoms with Crippen molar-refractivity contribution in [2.75, 3.05) is 19.0 Å². The van der Waals surface area contributed by atoms with Gasteiger partial charge in [0.15, 0.2) is 5.11 Å². The molecule has 6 heteroatoms. The summed E-state index contributed by atoms with van der Waals surface area (Å²) in [4.78, 5) is 6.32. The fraction of sp³-hybridized carbons (Fsp3) is 0.217. The zero-order chi connectivity index (χ0) is 20.5. The summed E-state index contributed by atoms with van der Waals surface area (Å²) < 4.78 is 11.0. The van der Waals surface area contributed by atoms with Crippen molar-refractivity contribution in [1.82, 2.24) is 9.88 Å². The topological polar surface area (TPSA) is 46.6 Å². The summed E-state index contributed by atoms with van der Waals surface area (Å²) in [5, 5.41) is 3.96. The Labute approximate surface area is 177 Å². The normalized spacial score (nSPS) is 10.3. The molecule has 150 valence electrons. The maximum atomic E-state index is 5.74. The first-order valence-corrected chi connectivity index (χ1v) is 9.90. The molecule has 0 fully saturated rings. The minimum atomic E-state index is 0.613. The van der Waals surface area contributed by atoms with Crippen LogP contribution in [0.4, 0.5) is 5.69 Å². The van der Waals surface area contributed by atoms with E-state index >= 15 is 0 Å². The molecule has 0 aliphatic carbocycles. The lowest BCUT2D eigenvalue weighted by atomic mass is 10.1. The van der Waals surface area contributed by atoms with Gasteiger partial charge in [0, 0.05) is 36.7 Å². The van der Waals surface area contributed by atoms with Crippen LogP contribution in [0.2, 0.25) is 0 Å². The molecule has 0 bridgehead atoms. The van der Waals surface area contributed by atoms with Crippen molar-refractivity contribution in [2.45, 2.75) is 20.0 Å². The number of nitrogens with one attached hydrogen (secondary N) is 1. The molecule has 3 rings (SSSR count). The van der Waals surface area contributed by atoms with E-state index in [0.29, 0.717) is 24.8 Å². The van der Waals surface area contributed by atoms with Crippen LogP contribution in [0.3, 0.4) is 0 Å². The van der Waals surface area contributed by atoms with E-state index in [1.165, 1.54) is 0 Å². The molecule has 0 unspecified atom stereocenters. The maximum Gasteiger partial charge on any atom is 0.174 e. The van der Waals surface area contributed by atoms with Crippen LogP contribution in [0.1, 0.15) is 18.1 Å². The SMILES string of the molecule is CCOc1ccc(NC(=S)N(Cc2cccnc2)Cc2ccccc2OC)cc1. The first-order valence-electron chi connectivity index (χ1n) is 9.49. The van der Waals surface area contributed by atoms with Crippen LogP contribution < -0.4 is 14.8 Å². The van der Waals surface area contributed by atoms with Gasteiger partial charge in [-0.25, -0.2) is 0 Å². The molecular weight excluding hydrogens is 382 g/mol. The Morgan fingerprint density at radius 2 is 1.83 bits per heavy atom. The van der Waals surface area contributed by atoms with Gasteiger partial charge in [0.25, 0.3) is 0 Å². The number of hydrogen-bond acceptors (Lipinski definition) is 4. The number of anilines is 1. The van der Waals surface area contributed by atoms with Gasteiger partial charge in [-0.1, -0.05) is 24.3 Å². The fourth-order valence-electron chi connectivity index (χ4n) is 2.95. The van der Waals surface area contributed by atoms with Crippen LogP contribution >= 0.6 is 12.2 Å². The molecule has 0 atom stereocenters. The van der Waals surface area contributed by atoms with Crippen molar-refractivity contribution < 1.29 is 9.47 Å². The van der Waals surface area contributed by atoms with Crippen LogP contribution in [0.15, 0.2) is 73.1 Å². The third kappa shape index (κ3) is 5.93. The summed E-state index contributed by atoms with van der Waals surface area (Å²) in [5.41, 5.74) is 3.06. The Balaban J connectivity index is 1.78.